The van der Waals surface area contributed by atoms with E-state index in [1.54, 1.807) is 0 Å². The highest BCUT2D eigenvalue weighted by molar-refractivity contribution is 5.54. The standard InChI is InChI=1S/C34H39NO/c1-6-35(24-26-16-10-7-11-17-26)25-27-22-30(33(2,3)28-18-12-8-13-19-28)23-31(32(27)36)34(4,5)29-20-14-9-15-21-29/h7-23,36H,6,24-25H2,1-5H3. The Morgan fingerprint density at radius 2 is 1.11 bits per heavy atom. The van der Waals surface area contributed by atoms with Crippen molar-refractivity contribution in [2.45, 2.75) is 58.5 Å². The van der Waals surface area contributed by atoms with E-state index in [2.05, 4.69) is 137 Å². The summed E-state index contributed by atoms with van der Waals surface area (Å²) in [7, 11) is 0. The summed E-state index contributed by atoms with van der Waals surface area (Å²) in [5, 5.41) is 11.7. The molecule has 0 bridgehead atoms. The van der Waals surface area contributed by atoms with E-state index in [1.165, 1.54) is 22.3 Å². The minimum Gasteiger partial charge on any atom is -0.507 e. The Bertz CT molecular complexity index is 1260. The van der Waals surface area contributed by atoms with E-state index in [0.29, 0.717) is 12.3 Å². The maximum Gasteiger partial charge on any atom is 0.124 e. The van der Waals surface area contributed by atoms with E-state index in [1.807, 2.05) is 6.07 Å². The quantitative estimate of drug-likeness (QED) is 0.263. The fourth-order valence-corrected chi connectivity index (χ4v) is 5.05. The van der Waals surface area contributed by atoms with Crippen LogP contribution in [0.2, 0.25) is 0 Å². The smallest absolute Gasteiger partial charge is 0.124 e. The molecule has 4 aromatic rings. The van der Waals surface area contributed by atoms with Crippen LogP contribution in [0.3, 0.4) is 0 Å². The number of phenolic OH excluding ortho intramolecular Hbond substituents is 1. The monoisotopic (exact) mass is 477 g/mol. The third-order valence-corrected chi connectivity index (χ3v) is 7.67. The van der Waals surface area contributed by atoms with Crippen LogP contribution in [-0.4, -0.2) is 16.6 Å². The summed E-state index contributed by atoms with van der Waals surface area (Å²) in [5.74, 6) is 0.406. The Hall–Kier alpha value is -3.36. The van der Waals surface area contributed by atoms with Gasteiger partial charge in [-0.05, 0) is 34.9 Å². The lowest BCUT2D eigenvalue weighted by atomic mass is 9.72. The number of nitrogens with zero attached hydrogens (tertiary/aromatic N) is 1. The highest BCUT2D eigenvalue weighted by Gasteiger charge is 2.32. The van der Waals surface area contributed by atoms with Crippen LogP contribution < -0.4 is 0 Å². The van der Waals surface area contributed by atoms with Crippen molar-refractivity contribution in [2.75, 3.05) is 6.54 Å². The van der Waals surface area contributed by atoms with Gasteiger partial charge in [0.25, 0.3) is 0 Å². The predicted molar refractivity (Wildman–Crippen MR) is 151 cm³/mol. The van der Waals surface area contributed by atoms with Crippen LogP contribution in [0, 0.1) is 0 Å². The third kappa shape index (κ3) is 5.39. The summed E-state index contributed by atoms with van der Waals surface area (Å²) < 4.78 is 0. The molecule has 0 unspecified atom stereocenters. The molecular formula is C34H39NO. The molecule has 0 amide bonds. The summed E-state index contributed by atoms with van der Waals surface area (Å²) >= 11 is 0. The Balaban J connectivity index is 1.82. The Morgan fingerprint density at radius 1 is 0.611 bits per heavy atom. The molecular weight excluding hydrogens is 438 g/mol. The number of hydrogen-bond donors (Lipinski definition) is 1. The highest BCUT2D eigenvalue weighted by atomic mass is 16.3. The number of benzene rings is 4. The summed E-state index contributed by atoms with van der Waals surface area (Å²) in [6.45, 7) is 13.6. The van der Waals surface area contributed by atoms with Gasteiger partial charge in [-0.2, -0.15) is 0 Å². The van der Waals surface area contributed by atoms with Gasteiger partial charge in [0, 0.05) is 35.0 Å². The average molecular weight is 478 g/mol. The number of phenols is 1. The lowest BCUT2D eigenvalue weighted by Gasteiger charge is -2.33. The zero-order chi connectivity index (χ0) is 25.8. The first-order chi connectivity index (χ1) is 17.2. The Labute approximate surface area is 217 Å². The normalized spacial score (nSPS) is 12.2. The van der Waals surface area contributed by atoms with Crippen LogP contribution in [0.5, 0.6) is 5.75 Å². The summed E-state index contributed by atoms with van der Waals surface area (Å²) in [5.41, 5.74) is 6.36. The molecule has 0 aliphatic carbocycles. The minimum absolute atomic E-state index is 0.207. The zero-order valence-electron chi connectivity index (χ0n) is 22.3. The first-order valence-corrected chi connectivity index (χ1v) is 13.0. The van der Waals surface area contributed by atoms with Crippen molar-refractivity contribution in [2.24, 2.45) is 0 Å². The number of aromatic hydroxyl groups is 1. The topological polar surface area (TPSA) is 23.5 Å². The highest BCUT2D eigenvalue weighted by Crippen LogP contribution is 2.43. The van der Waals surface area contributed by atoms with Gasteiger partial charge in [-0.1, -0.05) is 132 Å². The van der Waals surface area contributed by atoms with Crippen LogP contribution in [0.4, 0.5) is 0 Å². The van der Waals surface area contributed by atoms with Gasteiger partial charge in [0.1, 0.15) is 5.75 Å². The third-order valence-electron chi connectivity index (χ3n) is 7.67. The van der Waals surface area contributed by atoms with Crippen molar-refractivity contribution < 1.29 is 5.11 Å². The van der Waals surface area contributed by atoms with Crippen LogP contribution >= 0.6 is 0 Å². The van der Waals surface area contributed by atoms with Crippen molar-refractivity contribution in [3.63, 3.8) is 0 Å². The van der Waals surface area contributed by atoms with Crippen LogP contribution in [0.25, 0.3) is 0 Å². The molecule has 0 radical (unpaired) electrons. The molecule has 36 heavy (non-hydrogen) atoms. The van der Waals surface area contributed by atoms with Gasteiger partial charge in [-0.15, -0.1) is 0 Å². The average Bonchev–Trinajstić information content (AvgIpc) is 2.90. The van der Waals surface area contributed by atoms with Crippen molar-refractivity contribution in [3.05, 3.63) is 137 Å². The van der Waals surface area contributed by atoms with Crippen molar-refractivity contribution in [1.29, 1.82) is 0 Å². The van der Waals surface area contributed by atoms with E-state index in [0.717, 1.165) is 24.2 Å². The molecule has 0 aliphatic rings. The van der Waals surface area contributed by atoms with Gasteiger partial charge in [-0.25, -0.2) is 0 Å². The second-order valence-corrected chi connectivity index (χ2v) is 10.8. The molecule has 4 rings (SSSR count). The second kappa shape index (κ2) is 10.7. The molecule has 0 aliphatic heterocycles. The molecule has 2 nitrogen and oxygen atoms in total. The first kappa shape index (κ1) is 25.7. The van der Waals surface area contributed by atoms with Gasteiger partial charge in [0.2, 0.25) is 0 Å². The van der Waals surface area contributed by atoms with E-state index >= 15 is 0 Å². The van der Waals surface area contributed by atoms with Crippen LogP contribution in [-0.2, 0) is 23.9 Å². The number of rotatable bonds is 9. The molecule has 1 N–H and O–H groups in total. The molecule has 4 aromatic carbocycles. The lowest BCUT2D eigenvalue weighted by molar-refractivity contribution is 0.266. The van der Waals surface area contributed by atoms with Gasteiger partial charge in [0.05, 0.1) is 0 Å². The predicted octanol–water partition coefficient (Wildman–Crippen LogP) is 8.07. The second-order valence-electron chi connectivity index (χ2n) is 10.8. The van der Waals surface area contributed by atoms with Crippen LogP contribution in [0.1, 0.15) is 68.0 Å². The summed E-state index contributed by atoms with van der Waals surface area (Å²) in [4.78, 5) is 2.39. The SMILES string of the molecule is CCN(Cc1ccccc1)Cc1cc(C(C)(C)c2ccccc2)cc(C(C)(C)c2ccccc2)c1O. The summed E-state index contributed by atoms with van der Waals surface area (Å²) in [6.07, 6.45) is 0. The van der Waals surface area contributed by atoms with Gasteiger partial charge >= 0.3 is 0 Å². The lowest BCUT2D eigenvalue weighted by Crippen LogP contribution is -2.26. The van der Waals surface area contributed by atoms with Gasteiger partial charge in [0.15, 0.2) is 0 Å². The van der Waals surface area contributed by atoms with Gasteiger partial charge in [-0.3, -0.25) is 4.90 Å². The van der Waals surface area contributed by atoms with Gasteiger partial charge < -0.3 is 5.11 Å². The maximum absolute atomic E-state index is 11.7. The molecule has 186 valence electrons. The van der Waals surface area contributed by atoms with Crippen molar-refractivity contribution >= 4 is 0 Å². The molecule has 0 saturated carbocycles. The van der Waals surface area contributed by atoms with E-state index < -0.39 is 0 Å². The molecule has 0 fully saturated rings. The molecule has 0 spiro atoms. The maximum atomic E-state index is 11.7. The largest absolute Gasteiger partial charge is 0.507 e. The van der Waals surface area contributed by atoms with E-state index in [-0.39, 0.29) is 10.8 Å². The molecule has 0 atom stereocenters. The van der Waals surface area contributed by atoms with Crippen LogP contribution in [0.15, 0.2) is 103 Å². The first-order valence-electron chi connectivity index (χ1n) is 13.0. The molecule has 0 heterocycles. The Kier molecular flexibility index (Phi) is 7.66. The minimum atomic E-state index is -0.348. The van der Waals surface area contributed by atoms with Crippen molar-refractivity contribution in [1.82, 2.24) is 4.90 Å². The summed E-state index contributed by atoms with van der Waals surface area (Å²) in [6, 6.07) is 36.2. The van der Waals surface area contributed by atoms with Crippen molar-refractivity contribution in [3.8, 4) is 5.75 Å². The fourth-order valence-electron chi connectivity index (χ4n) is 5.05. The molecule has 2 heteroatoms. The number of hydrogen-bond acceptors (Lipinski definition) is 2. The zero-order valence-corrected chi connectivity index (χ0v) is 22.3. The van der Waals surface area contributed by atoms with E-state index in [9.17, 15) is 5.11 Å². The Morgan fingerprint density at radius 3 is 1.64 bits per heavy atom. The fraction of sp³-hybridized carbons (Fsp3) is 0.294. The molecule has 0 saturated heterocycles. The molecule has 0 aromatic heterocycles. The van der Waals surface area contributed by atoms with E-state index in [4.69, 9.17) is 0 Å².